The third-order valence-corrected chi connectivity index (χ3v) is 3.75. The van der Waals surface area contributed by atoms with Crippen molar-refractivity contribution < 1.29 is 0 Å². The van der Waals surface area contributed by atoms with Crippen LogP contribution < -0.4 is 9.44 Å². The van der Waals surface area contributed by atoms with E-state index in [0.717, 1.165) is 16.5 Å². The van der Waals surface area contributed by atoms with Crippen LogP contribution in [0.3, 0.4) is 0 Å². The van der Waals surface area contributed by atoms with Gasteiger partial charge in [0.15, 0.2) is 0 Å². The third kappa shape index (κ3) is 4.63. The van der Waals surface area contributed by atoms with Crippen LogP contribution in [-0.4, -0.2) is 5.08 Å². The summed E-state index contributed by atoms with van der Waals surface area (Å²) < 4.78 is 6.57. The Labute approximate surface area is 110 Å². The molecule has 88 valence electrons. The highest BCUT2D eigenvalue weighted by Crippen LogP contribution is 2.18. The summed E-state index contributed by atoms with van der Waals surface area (Å²) in [4.78, 5) is 0. The van der Waals surface area contributed by atoms with Crippen molar-refractivity contribution in [3.63, 3.8) is 0 Å². The average Bonchev–Trinajstić information content (AvgIpc) is 2.41. The van der Waals surface area contributed by atoms with E-state index < -0.39 is 0 Å². The second-order valence-corrected chi connectivity index (χ2v) is 5.27. The van der Waals surface area contributed by atoms with Gasteiger partial charge in [0.1, 0.15) is 0 Å². The van der Waals surface area contributed by atoms with Gasteiger partial charge in [0.25, 0.3) is 0 Å². The smallest absolute Gasteiger partial charge is 0.0788 e. The van der Waals surface area contributed by atoms with Crippen molar-refractivity contribution in [2.75, 3.05) is 14.5 Å². The Kier molecular flexibility index (Phi) is 5.13. The normalized spacial score (nSPS) is 9.88. The predicted octanol–water partition coefficient (Wildman–Crippen LogP) is 4.46. The van der Waals surface area contributed by atoms with Crippen LogP contribution in [0.1, 0.15) is 0 Å². The highest BCUT2D eigenvalue weighted by atomic mass is 32.2. The van der Waals surface area contributed by atoms with Gasteiger partial charge >= 0.3 is 0 Å². The summed E-state index contributed by atoms with van der Waals surface area (Å²) in [5.74, 6) is 0. The maximum absolute atomic E-state index is 3.29. The zero-order valence-corrected chi connectivity index (χ0v) is 10.9. The van der Waals surface area contributed by atoms with Crippen LogP contribution in [0, 0.1) is 0 Å². The van der Waals surface area contributed by atoms with E-state index in [2.05, 4.69) is 33.7 Å². The molecule has 0 radical (unpaired) electrons. The summed E-state index contributed by atoms with van der Waals surface area (Å²) in [5.41, 5.74) is 2.27. The fraction of sp³-hybridized carbons (Fsp3) is 0.0769. The minimum atomic E-state index is 0.934. The zero-order chi connectivity index (χ0) is 11.8. The maximum Gasteiger partial charge on any atom is 0.0788 e. The van der Waals surface area contributed by atoms with E-state index in [0.29, 0.717) is 0 Å². The van der Waals surface area contributed by atoms with Gasteiger partial charge in [0.2, 0.25) is 0 Å². The van der Waals surface area contributed by atoms with Crippen LogP contribution >= 0.6 is 23.9 Å². The Hall–Kier alpha value is -1.26. The molecule has 0 heterocycles. The molecule has 0 saturated heterocycles. The highest BCUT2D eigenvalue weighted by molar-refractivity contribution is 8.17. The third-order valence-electron chi connectivity index (χ3n) is 2.05. The number of anilines is 2. The monoisotopic (exact) mass is 262 g/mol. The number of hydrogen-bond donors (Lipinski definition) is 2. The van der Waals surface area contributed by atoms with Gasteiger partial charge in [0.05, 0.1) is 5.08 Å². The van der Waals surface area contributed by atoms with E-state index in [1.54, 1.807) is 23.9 Å². The first-order valence-corrected chi connectivity index (χ1v) is 7.28. The molecule has 17 heavy (non-hydrogen) atoms. The molecule has 4 heteroatoms. The largest absolute Gasteiger partial charge is 0.329 e. The minimum absolute atomic E-state index is 0.934. The average molecular weight is 262 g/mol. The molecular formula is C13H14N2S2. The molecule has 2 aromatic carbocycles. The van der Waals surface area contributed by atoms with Crippen LogP contribution in [0.25, 0.3) is 0 Å². The summed E-state index contributed by atoms with van der Waals surface area (Å²) in [7, 11) is 0. The summed E-state index contributed by atoms with van der Waals surface area (Å²) in [6.45, 7) is 0. The number of benzene rings is 2. The van der Waals surface area contributed by atoms with Crippen molar-refractivity contribution >= 4 is 35.3 Å². The fourth-order valence-electron chi connectivity index (χ4n) is 1.27. The van der Waals surface area contributed by atoms with Gasteiger partial charge < -0.3 is 9.44 Å². The van der Waals surface area contributed by atoms with Crippen molar-refractivity contribution in [3.8, 4) is 0 Å². The van der Waals surface area contributed by atoms with Gasteiger partial charge in [-0.2, -0.15) is 0 Å². The first-order chi connectivity index (χ1) is 8.45. The van der Waals surface area contributed by atoms with Gasteiger partial charge in [-0.25, -0.2) is 0 Å². The van der Waals surface area contributed by atoms with Crippen molar-refractivity contribution in [1.29, 1.82) is 0 Å². The molecule has 0 aromatic heterocycles. The summed E-state index contributed by atoms with van der Waals surface area (Å²) in [6, 6.07) is 20.4. The van der Waals surface area contributed by atoms with Crippen LogP contribution in [-0.2, 0) is 0 Å². The van der Waals surface area contributed by atoms with E-state index in [1.807, 2.05) is 36.4 Å². The highest BCUT2D eigenvalue weighted by Gasteiger charge is 1.92. The molecule has 0 atom stereocenters. The Morgan fingerprint density at radius 3 is 1.47 bits per heavy atom. The van der Waals surface area contributed by atoms with Crippen molar-refractivity contribution in [1.82, 2.24) is 0 Å². The maximum atomic E-state index is 3.29. The number of hydrogen-bond acceptors (Lipinski definition) is 4. The van der Waals surface area contributed by atoms with Gasteiger partial charge in [-0.15, -0.1) is 0 Å². The standard InChI is InChI=1S/C13H14N2S2/c1-3-7-12(8-4-1)14-16-11-17-15-13-9-5-2-6-10-13/h1-10,14-15H,11H2. The molecule has 2 rings (SSSR count). The van der Waals surface area contributed by atoms with E-state index in [-0.39, 0.29) is 0 Å². The topological polar surface area (TPSA) is 24.1 Å². The van der Waals surface area contributed by atoms with Gasteiger partial charge in [-0.1, -0.05) is 36.4 Å². The van der Waals surface area contributed by atoms with Crippen LogP contribution in [0.5, 0.6) is 0 Å². The molecule has 0 bridgehead atoms. The van der Waals surface area contributed by atoms with E-state index in [1.165, 1.54) is 0 Å². The molecule has 0 amide bonds. The Morgan fingerprint density at radius 2 is 1.06 bits per heavy atom. The van der Waals surface area contributed by atoms with Crippen molar-refractivity contribution in [3.05, 3.63) is 60.7 Å². The molecule has 2 N–H and O–H groups in total. The first-order valence-electron chi connectivity index (χ1n) is 5.31. The number of rotatable bonds is 6. The molecule has 0 saturated carbocycles. The summed E-state index contributed by atoms with van der Waals surface area (Å²) in [5, 5.41) is 0.934. The predicted molar refractivity (Wildman–Crippen MR) is 80.2 cm³/mol. The molecule has 0 aliphatic heterocycles. The van der Waals surface area contributed by atoms with Gasteiger partial charge in [-0.3, -0.25) is 0 Å². The lowest BCUT2D eigenvalue weighted by molar-refractivity contribution is 1.68. The van der Waals surface area contributed by atoms with E-state index >= 15 is 0 Å². The number of nitrogens with one attached hydrogen (secondary N) is 2. The molecule has 0 unspecified atom stereocenters. The second-order valence-electron chi connectivity index (χ2n) is 3.34. The van der Waals surface area contributed by atoms with Crippen LogP contribution in [0.15, 0.2) is 60.7 Å². The Bertz CT molecular complexity index is 378. The number of para-hydroxylation sites is 2. The van der Waals surface area contributed by atoms with Gasteiger partial charge in [0, 0.05) is 11.4 Å². The first kappa shape index (κ1) is 12.2. The molecule has 0 spiro atoms. The summed E-state index contributed by atoms with van der Waals surface area (Å²) in [6.07, 6.45) is 0. The second kappa shape index (κ2) is 7.14. The van der Waals surface area contributed by atoms with Crippen LogP contribution in [0.2, 0.25) is 0 Å². The molecule has 2 nitrogen and oxygen atoms in total. The van der Waals surface area contributed by atoms with E-state index in [9.17, 15) is 0 Å². The fourth-order valence-corrected chi connectivity index (χ4v) is 2.58. The zero-order valence-electron chi connectivity index (χ0n) is 9.30. The van der Waals surface area contributed by atoms with Crippen LogP contribution in [0.4, 0.5) is 11.4 Å². The van der Waals surface area contributed by atoms with Gasteiger partial charge in [-0.05, 0) is 48.2 Å². The van der Waals surface area contributed by atoms with Crippen molar-refractivity contribution in [2.45, 2.75) is 0 Å². The minimum Gasteiger partial charge on any atom is -0.329 e. The lowest BCUT2D eigenvalue weighted by atomic mass is 10.3. The molecule has 0 fully saturated rings. The molecular weight excluding hydrogens is 248 g/mol. The Morgan fingerprint density at radius 1 is 0.647 bits per heavy atom. The molecule has 0 aliphatic carbocycles. The van der Waals surface area contributed by atoms with E-state index in [4.69, 9.17) is 0 Å². The molecule has 2 aromatic rings. The lowest BCUT2D eigenvalue weighted by Gasteiger charge is -2.06. The summed E-state index contributed by atoms with van der Waals surface area (Å²) >= 11 is 3.35. The SMILES string of the molecule is c1ccc(NSCSNc2ccccc2)cc1. The van der Waals surface area contributed by atoms with Crippen molar-refractivity contribution in [2.24, 2.45) is 0 Å². The lowest BCUT2D eigenvalue weighted by Crippen LogP contribution is -1.90. The molecule has 0 aliphatic rings. The quantitative estimate of drug-likeness (QED) is 0.456. The Balaban J connectivity index is 1.61.